The number of hydrogen-bond donors (Lipinski definition) is 1. The Bertz CT molecular complexity index is 259. The molecule has 0 bridgehead atoms. The maximum Gasteiger partial charge on any atom is 0.152 e. The third kappa shape index (κ3) is 5.18. The molecular weight excluding hydrogens is 234 g/mol. The molecule has 1 aliphatic heterocycles. The highest BCUT2D eigenvalue weighted by Crippen LogP contribution is 2.12. The van der Waals surface area contributed by atoms with E-state index in [9.17, 15) is 8.42 Å². The number of rotatable bonds is 4. The largest absolute Gasteiger partial charge is 0.314 e. The number of hydrogen-bond acceptors (Lipinski definition) is 3. The molecule has 1 fully saturated rings. The Morgan fingerprint density at radius 2 is 2.00 bits per heavy atom. The molecule has 0 radical (unpaired) electrons. The molecule has 5 heteroatoms. The molecule has 0 saturated carbocycles. The zero-order valence-electron chi connectivity index (χ0n) is 9.53. The second-order valence-electron chi connectivity index (χ2n) is 4.35. The molecule has 0 amide bonds. The Balaban J connectivity index is 0.00000196. The Labute approximate surface area is 99.3 Å². The smallest absolute Gasteiger partial charge is 0.152 e. The second kappa shape index (κ2) is 6.71. The first-order valence-corrected chi connectivity index (χ1v) is 7.19. The van der Waals surface area contributed by atoms with Gasteiger partial charge in [0.25, 0.3) is 0 Å². The van der Waals surface area contributed by atoms with Gasteiger partial charge in [-0.1, -0.05) is 6.42 Å². The first-order chi connectivity index (χ1) is 6.52. The molecule has 0 aliphatic carbocycles. The Morgan fingerprint density at radius 1 is 1.33 bits per heavy atom. The van der Waals surface area contributed by atoms with Crippen molar-refractivity contribution in [3.8, 4) is 0 Å². The van der Waals surface area contributed by atoms with Crippen LogP contribution in [-0.4, -0.2) is 32.0 Å². The van der Waals surface area contributed by atoms with E-state index in [2.05, 4.69) is 5.32 Å². The second-order valence-corrected chi connectivity index (χ2v) is 7.03. The quantitative estimate of drug-likeness (QED) is 0.833. The van der Waals surface area contributed by atoms with E-state index < -0.39 is 9.84 Å². The van der Waals surface area contributed by atoms with Crippen molar-refractivity contribution in [2.75, 3.05) is 12.3 Å². The van der Waals surface area contributed by atoms with E-state index in [4.69, 9.17) is 0 Å². The third-order valence-corrected chi connectivity index (χ3v) is 5.12. The van der Waals surface area contributed by atoms with Gasteiger partial charge in [0.15, 0.2) is 9.84 Å². The summed E-state index contributed by atoms with van der Waals surface area (Å²) < 4.78 is 23.1. The fourth-order valence-electron chi connectivity index (χ4n) is 1.71. The van der Waals surface area contributed by atoms with E-state index in [1.54, 1.807) is 13.8 Å². The number of nitrogens with one attached hydrogen (secondary N) is 1. The van der Waals surface area contributed by atoms with Crippen LogP contribution in [0.25, 0.3) is 0 Å². The van der Waals surface area contributed by atoms with Crippen LogP contribution in [0.5, 0.6) is 0 Å². The minimum atomic E-state index is -2.84. The number of piperidine rings is 1. The van der Waals surface area contributed by atoms with Gasteiger partial charge in [0.2, 0.25) is 0 Å². The molecule has 0 aromatic carbocycles. The summed E-state index contributed by atoms with van der Waals surface area (Å²) in [6.07, 6.45) is 4.38. The molecule has 3 nitrogen and oxygen atoms in total. The van der Waals surface area contributed by atoms with Crippen LogP contribution >= 0.6 is 12.4 Å². The van der Waals surface area contributed by atoms with Crippen molar-refractivity contribution in [3.63, 3.8) is 0 Å². The van der Waals surface area contributed by atoms with Crippen LogP contribution in [0.2, 0.25) is 0 Å². The lowest BCUT2D eigenvalue weighted by molar-refractivity contribution is 0.392. The zero-order chi connectivity index (χ0) is 10.6. The molecular formula is C10H22ClNO2S. The van der Waals surface area contributed by atoms with Gasteiger partial charge >= 0.3 is 0 Å². The Hall–Kier alpha value is 0.200. The van der Waals surface area contributed by atoms with E-state index in [0.717, 1.165) is 19.4 Å². The maximum absolute atomic E-state index is 11.5. The first-order valence-electron chi connectivity index (χ1n) is 5.47. The topological polar surface area (TPSA) is 46.2 Å². The molecule has 1 aliphatic rings. The molecule has 0 spiro atoms. The molecule has 0 aromatic rings. The predicted molar refractivity (Wildman–Crippen MR) is 66.4 cm³/mol. The molecule has 92 valence electrons. The first kappa shape index (κ1) is 15.2. The predicted octanol–water partition coefficient (Wildman–Crippen LogP) is 1.76. The van der Waals surface area contributed by atoms with Gasteiger partial charge in [-0.3, -0.25) is 0 Å². The van der Waals surface area contributed by atoms with E-state index in [1.807, 2.05) is 0 Å². The minimum Gasteiger partial charge on any atom is -0.314 e. The summed E-state index contributed by atoms with van der Waals surface area (Å²) in [5.41, 5.74) is 0. The van der Waals surface area contributed by atoms with Crippen molar-refractivity contribution in [1.82, 2.24) is 5.32 Å². The number of halogens is 1. The fraction of sp³-hybridized carbons (Fsp3) is 1.00. The van der Waals surface area contributed by atoms with Gasteiger partial charge in [-0.05, 0) is 39.7 Å². The third-order valence-electron chi connectivity index (χ3n) is 2.88. The van der Waals surface area contributed by atoms with Crippen molar-refractivity contribution in [2.24, 2.45) is 0 Å². The Kier molecular flexibility index (Phi) is 6.80. The molecule has 1 unspecified atom stereocenters. The van der Waals surface area contributed by atoms with Crippen LogP contribution in [0, 0.1) is 0 Å². The summed E-state index contributed by atoms with van der Waals surface area (Å²) in [6, 6.07) is 0.428. The van der Waals surface area contributed by atoms with Gasteiger partial charge in [0, 0.05) is 6.04 Å². The van der Waals surface area contributed by atoms with Gasteiger partial charge in [-0.25, -0.2) is 8.42 Å². The summed E-state index contributed by atoms with van der Waals surface area (Å²) in [5.74, 6) is 0.336. The molecule has 0 aromatic heterocycles. The normalized spacial score (nSPS) is 22.5. The van der Waals surface area contributed by atoms with Crippen molar-refractivity contribution < 1.29 is 8.42 Å². The van der Waals surface area contributed by atoms with Crippen molar-refractivity contribution in [3.05, 3.63) is 0 Å². The van der Waals surface area contributed by atoms with Crippen LogP contribution < -0.4 is 5.32 Å². The molecule has 15 heavy (non-hydrogen) atoms. The SMILES string of the molecule is CC(C)S(=O)(=O)CCC1CCCCN1.Cl. The van der Waals surface area contributed by atoms with Crippen molar-refractivity contribution in [2.45, 2.75) is 50.8 Å². The lowest BCUT2D eigenvalue weighted by atomic mass is 10.0. The highest BCUT2D eigenvalue weighted by Gasteiger charge is 2.19. The maximum atomic E-state index is 11.5. The highest BCUT2D eigenvalue weighted by atomic mass is 35.5. The minimum absolute atomic E-state index is 0. The van der Waals surface area contributed by atoms with Crippen molar-refractivity contribution in [1.29, 1.82) is 0 Å². The molecule has 1 atom stereocenters. The van der Waals surface area contributed by atoms with Gasteiger partial charge in [-0.15, -0.1) is 12.4 Å². The monoisotopic (exact) mass is 255 g/mol. The fourth-order valence-corrected chi connectivity index (χ4v) is 2.80. The van der Waals surface area contributed by atoms with E-state index in [0.29, 0.717) is 11.8 Å². The summed E-state index contributed by atoms with van der Waals surface area (Å²) >= 11 is 0. The molecule has 1 saturated heterocycles. The van der Waals surface area contributed by atoms with Crippen LogP contribution in [0.15, 0.2) is 0 Å². The van der Waals surface area contributed by atoms with E-state index >= 15 is 0 Å². The average Bonchev–Trinajstić information content (AvgIpc) is 2.16. The lowest BCUT2D eigenvalue weighted by Crippen LogP contribution is -2.36. The summed E-state index contributed by atoms with van der Waals surface area (Å²) in [4.78, 5) is 0. The van der Waals surface area contributed by atoms with E-state index in [-0.39, 0.29) is 17.7 Å². The number of sulfone groups is 1. The van der Waals surface area contributed by atoms with E-state index in [1.165, 1.54) is 12.8 Å². The Morgan fingerprint density at radius 3 is 2.47 bits per heavy atom. The van der Waals surface area contributed by atoms with Gasteiger partial charge in [0.1, 0.15) is 0 Å². The summed E-state index contributed by atoms with van der Waals surface area (Å²) in [6.45, 7) is 4.56. The average molecular weight is 256 g/mol. The van der Waals surface area contributed by atoms with Gasteiger partial charge in [0.05, 0.1) is 11.0 Å². The van der Waals surface area contributed by atoms with Gasteiger partial charge in [-0.2, -0.15) is 0 Å². The lowest BCUT2D eigenvalue weighted by Gasteiger charge is -2.23. The highest BCUT2D eigenvalue weighted by molar-refractivity contribution is 7.91. The van der Waals surface area contributed by atoms with Crippen LogP contribution in [-0.2, 0) is 9.84 Å². The van der Waals surface area contributed by atoms with Crippen LogP contribution in [0.4, 0.5) is 0 Å². The summed E-state index contributed by atoms with van der Waals surface area (Å²) in [7, 11) is -2.84. The van der Waals surface area contributed by atoms with Gasteiger partial charge < -0.3 is 5.32 Å². The standard InChI is InChI=1S/C10H21NO2S.ClH/c1-9(2)14(12,13)8-6-10-5-3-4-7-11-10;/h9-11H,3-8H2,1-2H3;1H. The molecule has 1 heterocycles. The molecule has 1 rings (SSSR count). The summed E-state index contributed by atoms with van der Waals surface area (Å²) in [5, 5.41) is 3.14. The van der Waals surface area contributed by atoms with Crippen LogP contribution in [0.1, 0.15) is 39.5 Å². The zero-order valence-corrected chi connectivity index (χ0v) is 11.2. The molecule has 1 N–H and O–H groups in total. The van der Waals surface area contributed by atoms with Crippen molar-refractivity contribution >= 4 is 22.2 Å². The van der Waals surface area contributed by atoms with Crippen LogP contribution in [0.3, 0.4) is 0 Å².